The molecule has 0 aromatic carbocycles. The minimum atomic E-state index is -4.17. The number of carboxylic acid groups (broad SMARTS) is 1. The molecule has 27 heavy (non-hydrogen) atoms. The number of carboxylic acids is 1. The molecule has 3 aromatic rings. The Bertz CT molecular complexity index is 1170. The number of nitrogens with one attached hydrogen (secondary N) is 1. The molecule has 0 bridgehead atoms. The molecule has 0 unspecified atom stereocenters. The highest BCUT2D eigenvalue weighted by Crippen LogP contribution is 2.35. The fourth-order valence-electron chi connectivity index (χ4n) is 3.29. The van der Waals surface area contributed by atoms with Crippen LogP contribution in [-0.4, -0.2) is 46.5 Å². The summed E-state index contributed by atoms with van der Waals surface area (Å²) >= 11 is 0. The SMILES string of the molecule is O=C(O)c1c(C2=CCNCC2)c2ncccc2n1S(=O)(=O)c1cccnc1. The van der Waals surface area contributed by atoms with Crippen LogP contribution in [-0.2, 0) is 10.0 Å². The summed E-state index contributed by atoms with van der Waals surface area (Å²) < 4.78 is 27.4. The Morgan fingerprint density at radius 2 is 2.04 bits per heavy atom. The summed E-state index contributed by atoms with van der Waals surface area (Å²) in [5, 5.41) is 13.1. The van der Waals surface area contributed by atoms with Crippen molar-refractivity contribution >= 4 is 32.6 Å². The normalized spacial score (nSPS) is 14.9. The molecule has 0 amide bonds. The number of fused-ring (bicyclic) bond motifs is 1. The summed E-state index contributed by atoms with van der Waals surface area (Å²) in [5.41, 5.74) is 1.41. The van der Waals surface area contributed by atoms with E-state index >= 15 is 0 Å². The Hall–Kier alpha value is -3.04. The van der Waals surface area contributed by atoms with Gasteiger partial charge in [0.25, 0.3) is 10.0 Å². The van der Waals surface area contributed by atoms with Crippen molar-refractivity contribution in [2.45, 2.75) is 11.3 Å². The van der Waals surface area contributed by atoms with E-state index in [1.807, 2.05) is 6.08 Å². The molecule has 0 atom stereocenters. The van der Waals surface area contributed by atoms with E-state index in [4.69, 9.17) is 0 Å². The Balaban J connectivity index is 2.12. The first kappa shape index (κ1) is 17.4. The molecular weight excluding hydrogens is 368 g/mol. The molecule has 1 aliphatic heterocycles. The van der Waals surface area contributed by atoms with Crippen LogP contribution in [0.5, 0.6) is 0 Å². The van der Waals surface area contributed by atoms with Gasteiger partial charge in [-0.2, -0.15) is 0 Å². The zero-order valence-corrected chi connectivity index (χ0v) is 15.0. The summed E-state index contributed by atoms with van der Waals surface area (Å²) in [5.74, 6) is -1.32. The highest BCUT2D eigenvalue weighted by atomic mass is 32.2. The van der Waals surface area contributed by atoms with E-state index in [2.05, 4.69) is 15.3 Å². The third-order valence-electron chi connectivity index (χ3n) is 4.44. The van der Waals surface area contributed by atoms with Gasteiger partial charge in [-0.25, -0.2) is 17.2 Å². The molecule has 9 heteroatoms. The van der Waals surface area contributed by atoms with Gasteiger partial charge >= 0.3 is 5.97 Å². The van der Waals surface area contributed by atoms with E-state index in [0.29, 0.717) is 30.6 Å². The molecule has 0 saturated heterocycles. The summed E-state index contributed by atoms with van der Waals surface area (Å²) in [7, 11) is -4.17. The maximum Gasteiger partial charge on any atom is 0.354 e. The molecule has 138 valence electrons. The number of aromatic nitrogens is 3. The van der Waals surface area contributed by atoms with Gasteiger partial charge in [0.2, 0.25) is 0 Å². The Labute approximate surface area is 155 Å². The van der Waals surface area contributed by atoms with Gasteiger partial charge in [0.05, 0.1) is 11.0 Å². The van der Waals surface area contributed by atoms with Crippen molar-refractivity contribution in [2.24, 2.45) is 0 Å². The second kappa shape index (κ2) is 6.60. The fraction of sp³-hybridized carbons (Fsp3) is 0.167. The van der Waals surface area contributed by atoms with Gasteiger partial charge < -0.3 is 10.4 Å². The third kappa shape index (κ3) is 2.81. The van der Waals surface area contributed by atoms with E-state index < -0.39 is 16.0 Å². The van der Waals surface area contributed by atoms with Gasteiger partial charge in [0, 0.05) is 30.7 Å². The molecular formula is C18H16N4O4S. The summed E-state index contributed by atoms with van der Waals surface area (Å²) in [6.07, 6.45) is 6.65. The Kier molecular flexibility index (Phi) is 4.25. The predicted octanol–water partition coefficient (Wildman–Crippen LogP) is 1.74. The molecule has 0 radical (unpaired) electrons. The number of pyridine rings is 2. The van der Waals surface area contributed by atoms with E-state index in [1.54, 1.807) is 12.1 Å². The number of aromatic carboxylic acids is 1. The van der Waals surface area contributed by atoms with Crippen LogP contribution < -0.4 is 5.32 Å². The minimum absolute atomic E-state index is 0.0842. The van der Waals surface area contributed by atoms with Gasteiger partial charge in [-0.1, -0.05) is 6.08 Å². The van der Waals surface area contributed by atoms with Crippen LogP contribution in [0.15, 0.2) is 53.8 Å². The second-order valence-electron chi connectivity index (χ2n) is 6.04. The van der Waals surface area contributed by atoms with Crippen molar-refractivity contribution in [1.29, 1.82) is 0 Å². The predicted molar refractivity (Wildman–Crippen MR) is 99.0 cm³/mol. The molecule has 1 aliphatic rings. The maximum absolute atomic E-state index is 13.3. The topological polar surface area (TPSA) is 114 Å². The lowest BCUT2D eigenvalue weighted by atomic mass is 9.99. The van der Waals surface area contributed by atoms with E-state index in [1.165, 1.54) is 30.7 Å². The standard InChI is InChI=1S/C18H16N4O4S/c23-18(24)17-15(12-5-9-19-10-6-12)16-14(4-2-8-21-16)22(17)27(25,26)13-3-1-7-20-11-13/h1-5,7-8,11,19H,6,9-10H2,(H,23,24). The van der Waals surface area contributed by atoms with Gasteiger partial charge in [0.15, 0.2) is 5.69 Å². The smallest absolute Gasteiger partial charge is 0.354 e. The summed E-state index contributed by atoms with van der Waals surface area (Å²) in [4.78, 5) is 20.2. The first-order valence-electron chi connectivity index (χ1n) is 8.30. The van der Waals surface area contributed by atoms with Crippen molar-refractivity contribution in [1.82, 2.24) is 19.3 Å². The third-order valence-corrected chi connectivity index (χ3v) is 6.14. The van der Waals surface area contributed by atoms with Crippen molar-refractivity contribution in [2.75, 3.05) is 13.1 Å². The van der Waals surface area contributed by atoms with Crippen LogP contribution >= 0.6 is 0 Å². The van der Waals surface area contributed by atoms with Crippen LogP contribution in [0.4, 0.5) is 0 Å². The molecule has 8 nitrogen and oxygen atoms in total. The zero-order valence-electron chi connectivity index (χ0n) is 14.2. The van der Waals surface area contributed by atoms with Crippen LogP contribution in [0.25, 0.3) is 16.6 Å². The Morgan fingerprint density at radius 1 is 1.22 bits per heavy atom. The van der Waals surface area contributed by atoms with Crippen LogP contribution in [0, 0.1) is 0 Å². The highest BCUT2D eigenvalue weighted by molar-refractivity contribution is 7.90. The zero-order chi connectivity index (χ0) is 19.0. The first-order chi connectivity index (χ1) is 13.0. The number of hydrogen-bond donors (Lipinski definition) is 2. The molecule has 0 fully saturated rings. The molecule has 3 aromatic heterocycles. The average molecular weight is 384 g/mol. The second-order valence-corrected chi connectivity index (χ2v) is 7.83. The molecule has 2 N–H and O–H groups in total. The number of rotatable bonds is 4. The minimum Gasteiger partial charge on any atom is -0.477 e. The average Bonchev–Trinajstić information content (AvgIpc) is 3.05. The van der Waals surface area contributed by atoms with E-state index in [9.17, 15) is 18.3 Å². The Morgan fingerprint density at radius 3 is 2.70 bits per heavy atom. The largest absolute Gasteiger partial charge is 0.477 e. The molecule has 4 heterocycles. The quantitative estimate of drug-likeness (QED) is 0.704. The molecule has 0 aliphatic carbocycles. The lowest BCUT2D eigenvalue weighted by Crippen LogP contribution is -2.22. The summed E-state index contributed by atoms with van der Waals surface area (Å²) in [6.45, 7) is 1.27. The highest BCUT2D eigenvalue weighted by Gasteiger charge is 2.32. The number of hydrogen-bond acceptors (Lipinski definition) is 6. The van der Waals surface area contributed by atoms with E-state index in [-0.39, 0.29) is 16.1 Å². The summed E-state index contributed by atoms with van der Waals surface area (Å²) in [6, 6.07) is 6.03. The van der Waals surface area contributed by atoms with Crippen molar-refractivity contribution in [3.63, 3.8) is 0 Å². The monoisotopic (exact) mass is 384 g/mol. The lowest BCUT2D eigenvalue weighted by molar-refractivity contribution is 0.0689. The van der Waals surface area contributed by atoms with Gasteiger partial charge in [0.1, 0.15) is 4.90 Å². The van der Waals surface area contributed by atoms with Gasteiger partial charge in [-0.05, 0) is 42.8 Å². The number of nitrogens with zero attached hydrogens (tertiary/aromatic N) is 3. The number of carbonyl (C=O) groups is 1. The molecule has 4 rings (SSSR count). The van der Waals surface area contributed by atoms with Crippen LogP contribution in [0.1, 0.15) is 22.5 Å². The maximum atomic E-state index is 13.3. The van der Waals surface area contributed by atoms with E-state index in [0.717, 1.165) is 9.55 Å². The fourth-order valence-corrected chi connectivity index (χ4v) is 4.76. The lowest BCUT2D eigenvalue weighted by Gasteiger charge is -2.15. The van der Waals surface area contributed by atoms with Crippen molar-refractivity contribution in [3.8, 4) is 0 Å². The van der Waals surface area contributed by atoms with Crippen molar-refractivity contribution < 1.29 is 18.3 Å². The first-order valence-corrected chi connectivity index (χ1v) is 9.74. The molecule has 0 saturated carbocycles. The molecule has 0 spiro atoms. The van der Waals surface area contributed by atoms with Crippen molar-refractivity contribution in [3.05, 3.63) is 60.2 Å². The van der Waals surface area contributed by atoms with Crippen LogP contribution in [0.2, 0.25) is 0 Å². The van der Waals surface area contributed by atoms with Crippen LogP contribution in [0.3, 0.4) is 0 Å². The van der Waals surface area contributed by atoms with Gasteiger partial charge in [-0.15, -0.1) is 0 Å². The van der Waals surface area contributed by atoms with Gasteiger partial charge in [-0.3, -0.25) is 9.97 Å².